The van der Waals surface area contributed by atoms with Gasteiger partial charge in [-0.15, -0.1) is 11.3 Å². The van der Waals surface area contributed by atoms with Crippen LogP contribution in [0.4, 0.5) is 5.00 Å². The van der Waals surface area contributed by atoms with Crippen LogP contribution in [0, 0.1) is 11.3 Å². The van der Waals surface area contributed by atoms with Crippen LogP contribution in [0.5, 0.6) is 0 Å². The lowest BCUT2D eigenvalue weighted by molar-refractivity contribution is -0.119. The third-order valence-corrected chi connectivity index (χ3v) is 7.95. The lowest BCUT2D eigenvalue weighted by atomic mass is 9.95. The quantitative estimate of drug-likeness (QED) is 0.509. The van der Waals surface area contributed by atoms with Crippen LogP contribution in [-0.2, 0) is 35.3 Å². The number of thiophene rings is 1. The summed E-state index contributed by atoms with van der Waals surface area (Å²) in [7, 11) is 0. The molecule has 8 heteroatoms. The molecule has 0 atom stereocenters. The molecule has 0 fully saturated rings. The van der Waals surface area contributed by atoms with Gasteiger partial charge in [-0.2, -0.15) is 5.26 Å². The Hall–Kier alpha value is -3.28. The Labute approximate surface area is 208 Å². The fourth-order valence-corrected chi connectivity index (χ4v) is 6.38. The summed E-state index contributed by atoms with van der Waals surface area (Å²) < 4.78 is 5.53. The first-order chi connectivity index (χ1) is 17.1. The molecule has 3 aromatic rings. The summed E-state index contributed by atoms with van der Waals surface area (Å²) in [6, 6.07) is 9.82. The number of nitriles is 1. The Morgan fingerprint density at radius 3 is 2.86 bits per heavy atom. The Morgan fingerprint density at radius 1 is 1.20 bits per heavy atom. The summed E-state index contributed by atoms with van der Waals surface area (Å²) in [6.07, 6.45) is 5.78. The molecule has 0 saturated heterocycles. The molecule has 1 N–H and O–H groups in total. The maximum atomic E-state index is 13.3. The molecule has 0 spiro atoms. The van der Waals surface area contributed by atoms with E-state index in [0.29, 0.717) is 22.7 Å². The maximum Gasteiger partial charge on any atom is 0.339 e. The average Bonchev–Trinajstić information content (AvgIpc) is 3.22. The predicted molar refractivity (Wildman–Crippen MR) is 136 cm³/mol. The van der Waals surface area contributed by atoms with E-state index in [0.717, 1.165) is 79.3 Å². The highest BCUT2D eigenvalue weighted by atomic mass is 32.1. The molecular weight excluding hydrogens is 460 g/mol. The van der Waals surface area contributed by atoms with E-state index in [1.165, 1.54) is 16.2 Å². The van der Waals surface area contributed by atoms with Crippen molar-refractivity contribution in [3.05, 3.63) is 57.1 Å². The van der Waals surface area contributed by atoms with E-state index in [1.54, 1.807) is 0 Å². The van der Waals surface area contributed by atoms with Crippen molar-refractivity contribution in [3.8, 4) is 6.07 Å². The van der Waals surface area contributed by atoms with Crippen molar-refractivity contribution in [2.45, 2.75) is 52.0 Å². The van der Waals surface area contributed by atoms with E-state index in [-0.39, 0.29) is 0 Å². The number of nitrogens with zero attached hydrogens (tertiary/aromatic N) is 3. The van der Waals surface area contributed by atoms with Gasteiger partial charge in [0.1, 0.15) is 11.1 Å². The van der Waals surface area contributed by atoms with Crippen LogP contribution in [0.25, 0.3) is 10.9 Å². The minimum Gasteiger partial charge on any atom is -0.452 e. The van der Waals surface area contributed by atoms with Crippen molar-refractivity contribution in [1.82, 2.24) is 9.88 Å². The zero-order chi connectivity index (χ0) is 24.4. The summed E-state index contributed by atoms with van der Waals surface area (Å²) >= 11 is 1.46. The second kappa shape index (κ2) is 10.1. The van der Waals surface area contributed by atoms with Crippen LogP contribution in [0.3, 0.4) is 0 Å². The Bertz CT molecular complexity index is 1340. The number of para-hydroxylation sites is 1. The number of aryl methyl sites for hydroxylation is 1. The fraction of sp³-hybridized carbons (Fsp3) is 0.407. The van der Waals surface area contributed by atoms with Crippen LogP contribution >= 0.6 is 11.3 Å². The minimum atomic E-state index is -0.515. The maximum absolute atomic E-state index is 13.3. The zero-order valence-corrected chi connectivity index (χ0v) is 20.7. The summed E-state index contributed by atoms with van der Waals surface area (Å²) in [5, 5.41) is 13.7. The Balaban J connectivity index is 1.36. The van der Waals surface area contributed by atoms with Gasteiger partial charge in [0.25, 0.3) is 5.91 Å². The number of hydrogen-bond acceptors (Lipinski definition) is 7. The molecule has 0 saturated carbocycles. The van der Waals surface area contributed by atoms with Gasteiger partial charge in [-0.25, -0.2) is 4.79 Å². The third kappa shape index (κ3) is 4.66. The number of rotatable bonds is 6. The predicted octanol–water partition coefficient (Wildman–Crippen LogP) is 4.61. The van der Waals surface area contributed by atoms with E-state index in [9.17, 15) is 14.9 Å². The molecule has 0 unspecified atom stereocenters. The van der Waals surface area contributed by atoms with Crippen molar-refractivity contribution in [1.29, 1.82) is 5.26 Å². The van der Waals surface area contributed by atoms with Crippen molar-refractivity contribution < 1.29 is 14.3 Å². The van der Waals surface area contributed by atoms with Crippen molar-refractivity contribution in [3.63, 3.8) is 0 Å². The number of benzene rings is 1. The highest BCUT2D eigenvalue weighted by molar-refractivity contribution is 7.16. The topological polar surface area (TPSA) is 95.3 Å². The lowest BCUT2D eigenvalue weighted by Gasteiger charge is -2.29. The molecule has 0 radical (unpaired) electrons. The van der Waals surface area contributed by atoms with Crippen molar-refractivity contribution >= 4 is 39.1 Å². The Morgan fingerprint density at radius 2 is 2.03 bits per heavy atom. The first-order valence-electron chi connectivity index (χ1n) is 12.2. The number of nitrogens with one attached hydrogen (secondary N) is 1. The van der Waals surface area contributed by atoms with E-state index in [1.807, 2.05) is 24.3 Å². The van der Waals surface area contributed by atoms with Crippen LogP contribution in [0.15, 0.2) is 24.3 Å². The summed E-state index contributed by atoms with van der Waals surface area (Å²) in [6.45, 7) is 4.24. The number of pyridine rings is 1. The molecule has 7 nitrogen and oxygen atoms in total. The standard InChI is InChI=1S/C27H28N4O3S/c1-2-12-31-13-11-22-20(15-31)25(18-8-3-5-9-21(18)29-22)27(33)34-16-24(32)30-26-19(14-28)17-7-4-6-10-23(17)35-26/h3,5,8-9H,2,4,6-7,10-13,15-16H2,1H3,(H,30,32). The molecule has 5 rings (SSSR count). The molecule has 1 aromatic carbocycles. The van der Waals surface area contributed by atoms with Gasteiger partial charge in [0.15, 0.2) is 6.61 Å². The van der Waals surface area contributed by atoms with Gasteiger partial charge in [0.05, 0.1) is 16.6 Å². The molecule has 2 aliphatic rings. The van der Waals surface area contributed by atoms with Crippen LogP contribution in [0.2, 0.25) is 0 Å². The molecule has 180 valence electrons. The minimum absolute atomic E-state index is 0.406. The molecule has 35 heavy (non-hydrogen) atoms. The molecule has 2 aromatic heterocycles. The molecule has 1 aliphatic heterocycles. The normalized spacial score (nSPS) is 15.2. The van der Waals surface area contributed by atoms with E-state index < -0.39 is 18.5 Å². The number of hydrogen-bond donors (Lipinski definition) is 1. The molecule has 1 amide bonds. The molecular formula is C27H28N4O3S. The fourth-order valence-electron chi connectivity index (χ4n) is 5.12. The monoisotopic (exact) mass is 488 g/mol. The summed E-state index contributed by atoms with van der Waals surface area (Å²) in [5.74, 6) is -0.951. The van der Waals surface area contributed by atoms with Gasteiger partial charge >= 0.3 is 5.97 Å². The van der Waals surface area contributed by atoms with Gasteiger partial charge in [0.2, 0.25) is 0 Å². The van der Waals surface area contributed by atoms with Crippen molar-refractivity contribution in [2.24, 2.45) is 0 Å². The molecule has 3 heterocycles. The number of ether oxygens (including phenoxy) is 1. The second-order valence-corrected chi connectivity index (χ2v) is 10.2. The number of esters is 1. The Kier molecular flexibility index (Phi) is 6.80. The van der Waals surface area contributed by atoms with Gasteiger partial charge in [-0.05, 0) is 50.3 Å². The van der Waals surface area contributed by atoms with Gasteiger partial charge < -0.3 is 10.1 Å². The van der Waals surface area contributed by atoms with E-state index >= 15 is 0 Å². The number of aromatic nitrogens is 1. The van der Waals surface area contributed by atoms with Gasteiger partial charge in [-0.1, -0.05) is 25.1 Å². The van der Waals surface area contributed by atoms with Crippen LogP contribution < -0.4 is 5.32 Å². The summed E-state index contributed by atoms with van der Waals surface area (Å²) in [4.78, 5) is 34.4. The number of carbonyl (C=O) groups is 2. The highest BCUT2D eigenvalue weighted by Gasteiger charge is 2.27. The van der Waals surface area contributed by atoms with Crippen LogP contribution in [0.1, 0.15) is 63.8 Å². The third-order valence-electron chi connectivity index (χ3n) is 6.74. The van der Waals surface area contributed by atoms with E-state index in [2.05, 4.69) is 23.2 Å². The second-order valence-electron chi connectivity index (χ2n) is 9.11. The number of carbonyl (C=O) groups excluding carboxylic acids is 2. The first-order valence-corrected chi connectivity index (χ1v) is 13.0. The average molecular weight is 489 g/mol. The number of fused-ring (bicyclic) bond motifs is 3. The van der Waals surface area contributed by atoms with E-state index in [4.69, 9.17) is 9.72 Å². The SMILES string of the molecule is CCCN1CCc2nc3ccccc3c(C(=O)OCC(=O)Nc3sc4c(c3C#N)CCCC4)c2C1. The lowest BCUT2D eigenvalue weighted by Crippen LogP contribution is -2.33. The van der Waals surface area contributed by atoms with Crippen molar-refractivity contribution in [2.75, 3.05) is 25.0 Å². The highest BCUT2D eigenvalue weighted by Crippen LogP contribution is 2.37. The number of anilines is 1. The van der Waals surface area contributed by atoms with Gasteiger partial charge in [-0.3, -0.25) is 14.7 Å². The molecule has 1 aliphatic carbocycles. The largest absolute Gasteiger partial charge is 0.452 e. The first kappa shape index (κ1) is 23.5. The number of amides is 1. The van der Waals surface area contributed by atoms with Gasteiger partial charge in [0, 0.05) is 41.0 Å². The molecule has 0 bridgehead atoms. The van der Waals surface area contributed by atoms with Crippen LogP contribution in [-0.4, -0.2) is 41.5 Å². The zero-order valence-electron chi connectivity index (χ0n) is 19.9. The summed E-state index contributed by atoms with van der Waals surface area (Å²) in [5.41, 5.74) is 4.69. The smallest absolute Gasteiger partial charge is 0.339 e.